The number of halogens is 3. The van der Waals surface area contributed by atoms with Crippen molar-refractivity contribution in [2.24, 2.45) is 5.73 Å². The van der Waals surface area contributed by atoms with Gasteiger partial charge in [-0.25, -0.2) is 13.6 Å². The fourth-order valence-electron chi connectivity index (χ4n) is 4.09. The summed E-state index contributed by atoms with van der Waals surface area (Å²) in [5.74, 6) is -2.51. The van der Waals surface area contributed by atoms with E-state index in [2.05, 4.69) is 5.32 Å². The van der Waals surface area contributed by atoms with Crippen molar-refractivity contribution < 1.29 is 37.4 Å². The lowest BCUT2D eigenvalue weighted by Crippen LogP contribution is -2.51. The van der Waals surface area contributed by atoms with E-state index < -0.39 is 41.4 Å². The quantitative estimate of drug-likeness (QED) is 0.497. The van der Waals surface area contributed by atoms with Gasteiger partial charge < -0.3 is 30.2 Å². The predicted octanol–water partition coefficient (Wildman–Crippen LogP) is 1.72. The lowest BCUT2D eigenvalue weighted by molar-refractivity contribution is -0.169. The van der Waals surface area contributed by atoms with Crippen LogP contribution in [0, 0.1) is 11.6 Å². The highest BCUT2D eigenvalue weighted by Gasteiger charge is 2.40. The average molecular weight is 521 g/mol. The van der Waals surface area contributed by atoms with Gasteiger partial charge in [-0.2, -0.15) is 0 Å². The third kappa shape index (κ3) is 6.71. The molecule has 2 atom stereocenters. The number of benzene rings is 1. The van der Waals surface area contributed by atoms with Crippen LogP contribution in [0.15, 0.2) is 12.1 Å². The molecule has 1 aromatic rings. The molecule has 13 heteroatoms. The number of hydrogen-bond acceptors (Lipinski definition) is 8. The van der Waals surface area contributed by atoms with E-state index in [1.54, 1.807) is 0 Å². The SMILES string of the molecule is COCC1(OC(=O)C(C)N)CCN(c2c(F)cc(N3C[C@H](CNC(C)=O)OC3=O)cc2F)CC1.Cl. The van der Waals surface area contributed by atoms with Crippen molar-refractivity contribution in [3.05, 3.63) is 23.8 Å². The fourth-order valence-corrected chi connectivity index (χ4v) is 4.09. The number of nitrogens with one attached hydrogen (secondary N) is 1. The standard InChI is InChI=1S/C22H30F2N4O6.ClH/c1-13(25)20(30)34-22(12-32-3)4-6-27(7-5-22)19-17(23)8-15(9-18(19)24)28-11-16(33-21(28)31)10-26-14(2)29;/h8-9,13,16H,4-7,10-12,25H2,1-3H3,(H,26,29);1H/t13?,16-;/m0./s1. The maximum atomic E-state index is 15.0. The van der Waals surface area contributed by atoms with E-state index in [9.17, 15) is 14.4 Å². The van der Waals surface area contributed by atoms with Crippen molar-refractivity contribution in [1.82, 2.24) is 5.32 Å². The first kappa shape index (κ1) is 28.5. The summed E-state index contributed by atoms with van der Waals surface area (Å²) in [6.45, 7) is 3.57. The zero-order chi connectivity index (χ0) is 25.0. The molecule has 1 unspecified atom stereocenters. The first-order chi connectivity index (χ1) is 16.0. The molecule has 2 heterocycles. The van der Waals surface area contributed by atoms with Crippen molar-refractivity contribution in [2.75, 3.05) is 49.7 Å². The minimum atomic E-state index is -0.926. The minimum Gasteiger partial charge on any atom is -0.455 e. The van der Waals surface area contributed by atoms with Crippen LogP contribution in [0.25, 0.3) is 0 Å². The van der Waals surface area contributed by atoms with Gasteiger partial charge in [0.25, 0.3) is 0 Å². The molecule has 0 radical (unpaired) electrons. The molecule has 196 valence electrons. The third-order valence-electron chi connectivity index (χ3n) is 5.85. The van der Waals surface area contributed by atoms with E-state index in [4.69, 9.17) is 19.9 Å². The molecule has 35 heavy (non-hydrogen) atoms. The van der Waals surface area contributed by atoms with E-state index in [1.165, 1.54) is 25.9 Å². The Kier molecular flexibility index (Phi) is 9.64. The molecular formula is C22H31ClF2N4O6. The first-order valence-electron chi connectivity index (χ1n) is 11.0. The highest BCUT2D eigenvalue weighted by Crippen LogP contribution is 2.35. The van der Waals surface area contributed by atoms with Crippen LogP contribution >= 0.6 is 12.4 Å². The van der Waals surface area contributed by atoms with E-state index in [-0.39, 0.29) is 62.5 Å². The summed E-state index contributed by atoms with van der Waals surface area (Å²) in [6.07, 6.45) is -0.788. The van der Waals surface area contributed by atoms with Gasteiger partial charge >= 0.3 is 12.1 Å². The van der Waals surface area contributed by atoms with Crippen molar-refractivity contribution in [3.8, 4) is 0 Å². The number of nitrogens with two attached hydrogens (primary N) is 1. The second-order valence-corrected chi connectivity index (χ2v) is 8.62. The molecule has 0 aliphatic carbocycles. The number of anilines is 2. The summed E-state index contributed by atoms with van der Waals surface area (Å²) < 4.78 is 46.0. The lowest BCUT2D eigenvalue weighted by Gasteiger charge is -2.42. The van der Waals surface area contributed by atoms with Crippen molar-refractivity contribution >= 4 is 41.8 Å². The lowest BCUT2D eigenvalue weighted by atomic mass is 9.91. The monoisotopic (exact) mass is 520 g/mol. The van der Waals surface area contributed by atoms with Crippen LogP contribution in [0.3, 0.4) is 0 Å². The molecule has 0 saturated carbocycles. The summed E-state index contributed by atoms with van der Waals surface area (Å²) >= 11 is 0. The van der Waals surface area contributed by atoms with Gasteiger partial charge in [0.1, 0.15) is 23.4 Å². The van der Waals surface area contributed by atoms with Gasteiger partial charge in [-0.15, -0.1) is 12.4 Å². The maximum Gasteiger partial charge on any atom is 0.414 e. The molecule has 0 aromatic heterocycles. The van der Waals surface area contributed by atoms with Crippen LogP contribution in [0.5, 0.6) is 0 Å². The average Bonchev–Trinajstić information content (AvgIpc) is 3.14. The normalized spacial score (nSPS) is 20.1. The van der Waals surface area contributed by atoms with Gasteiger partial charge in [0, 0.05) is 52.1 Å². The van der Waals surface area contributed by atoms with Crippen LogP contribution in [-0.4, -0.2) is 75.6 Å². The van der Waals surface area contributed by atoms with E-state index in [1.807, 2.05) is 0 Å². The molecule has 2 aliphatic rings. The number of cyclic esters (lactones) is 1. The number of ether oxygens (including phenoxy) is 3. The number of hydrogen-bond donors (Lipinski definition) is 2. The van der Waals surface area contributed by atoms with E-state index >= 15 is 8.78 Å². The molecule has 2 saturated heterocycles. The van der Waals surface area contributed by atoms with Gasteiger partial charge in [0.05, 0.1) is 25.4 Å². The Hall–Kier alpha value is -2.70. The number of carbonyl (C=O) groups excluding carboxylic acids is 3. The Balaban J connectivity index is 0.00000432. The van der Waals surface area contributed by atoms with Gasteiger partial charge in [-0.3, -0.25) is 14.5 Å². The van der Waals surface area contributed by atoms with Crippen LogP contribution in [0.2, 0.25) is 0 Å². The van der Waals surface area contributed by atoms with Crippen molar-refractivity contribution in [2.45, 2.75) is 44.4 Å². The van der Waals surface area contributed by atoms with Gasteiger partial charge in [-0.05, 0) is 6.92 Å². The van der Waals surface area contributed by atoms with Gasteiger partial charge in [0.2, 0.25) is 5.91 Å². The molecule has 0 bridgehead atoms. The molecule has 1 aromatic carbocycles. The van der Waals surface area contributed by atoms with Crippen LogP contribution in [-0.2, 0) is 23.8 Å². The summed E-state index contributed by atoms with van der Waals surface area (Å²) in [4.78, 5) is 37.9. The number of esters is 1. The second-order valence-electron chi connectivity index (χ2n) is 8.62. The second kappa shape index (κ2) is 11.8. The zero-order valence-corrected chi connectivity index (χ0v) is 20.7. The molecule has 10 nitrogen and oxygen atoms in total. The molecule has 2 fully saturated rings. The minimum absolute atomic E-state index is 0. The number of carbonyl (C=O) groups is 3. The number of rotatable bonds is 8. The Morgan fingerprint density at radius 3 is 2.40 bits per heavy atom. The van der Waals surface area contributed by atoms with E-state index in [0.29, 0.717) is 12.8 Å². The third-order valence-corrected chi connectivity index (χ3v) is 5.85. The Bertz CT molecular complexity index is 920. The van der Waals surface area contributed by atoms with Crippen LogP contribution < -0.4 is 20.9 Å². The number of nitrogens with zero attached hydrogens (tertiary/aromatic N) is 2. The Morgan fingerprint density at radius 1 is 1.29 bits per heavy atom. The number of methoxy groups -OCH3 is 1. The molecular weight excluding hydrogens is 490 g/mol. The molecule has 0 spiro atoms. The topological polar surface area (TPSA) is 123 Å². The Labute approximate surface area is 208 Å². The van der Waals surface area contributed by atoms with Gasteiger partial charge in [-0.1, -0.05) is 0 Å². The summed E-state index contributed by atoms with van der Waals surface area (Å²) in [6, 6.07) is 1.35. The van der Waals surface area contributed by atoms with E-state index in [0.717, 1.165) is 17.0 Å². The number of piperidine rings is 1. The highest BCUT2D eigenvalue weighted by molar-refractivity contribution is 5.90. The largest absolute Gasteiger partial charge is 0.455 e. The summed E-state index contributed by atoms with van der Waals surface area (Å²) in [5.41, 5.74) is 4.47. The van der Waals surface area contributed by atoms with Crippen LogP contribution in [0.4, 0.5) is 25.0 Å². The summed E-state index contributed by atoms with van der Waals surface area (Å²) in [7, 11) is 1.48. The first-order valence-corrected chi connectivity index (χ1v) is 11.0. The smallest absolute Gasteiger partial charge is 0.414 e. The van der Waals surface area contributed by atoms with Crippen molar-refractivity contribution in [1.29, 1.82) is 0 Å². The Morgan fingerprint density at radius 2 is 1.89 bits per heavy atom. The molecule has 2 amide bonds. The zero-order valence-electron chi connectivity index (χ0n) is 19.8. The molecule has 3 N–H and O–H groups in total. The molecule has 2 aliphatic heterocycles. The predicted molar refractivity (Wildman–Crippen MR) is 126 cm³/mol. The van der Waals surface area contributed by atoms with Crippen LogP contribution in [0.1, 0.15) is 26.7 Å². The molecule has 3 rings (SSSR count). The fraction of sp³-hybridized carbons (Fsp3) is 0.591. The highest BCUT2D eigenvalue weighted by atomic mass is 35.5. The van der Waals surface area contributed by atoms with Crippen molar-refractivity contribution in [3.63, 3.8) is 0 Å². The van der Waals surface area contributed by atoms with Gasteiger partial charge in [0.15, 0.2) is 11.6 Å². The maximum absolute atomic E-state index is 15.0. The number of amides is 2. The summed E-state index contributed by atoms with van der Waals surface area (Å²) in [5, 5.41) is 2.54.